The summed E-state index contributed by atoms with van der Waals surface area (Å²) >= 11 is 5.99. The third-order valence-electron chi connectivity index (χ3n) is 2.64. The number of hydrogen-bond donors (Lipinski definition) is 0. The van der Waals surface area contributed by atoms with Crippen molar-refractivity contribution in [3.63, 3.8) is 0 Å². The molecule has 0 spiro atoms. The summed E-state index contributed by atoms with van der Waals surface area (Å²) in [5.41, 5.74) is 0. The number of aromatic nitrogens is 4. The van der Waals surface area contributed by atoms with E-state index in [0.29, 0.717) is 23.6 Å². The van der Waals surface area contributed by atoms with Crippen LogP contribution in [-0.4, -0.2) is 19.7 Å². The number of halogens is 1. The van der Waals surface area contributed by atoms with Crippen LogP contribution >= 0.6 is 11.6 Å². The molecule has 16 heavy (non-hydrogen) atoms. The van der Waals surface area contributed by atoms with Gasteiger partial charge < -0.3 is 4.42 Å². The maximum absolute atomic E-state index is 5.99. The number of aryl methyl sites for hydroxylation is 1. The van der Waals surface area contributed by atoms with Gasteiger partial charge in [-0.3, -0.25) is 4.57 Å². The number of rotatable bonds is 3. The molecule has 1 saturated carbocycles. The second-order valence-corrected chi connectivity index (χ2v) is 4.39. The summed E-state index contributed by atoms with van der Waals surface area (Å²) < 4.78 is 7.29. The van der Waals surface area contributed by atoms with Crippen LogP contribution in [0.15, 0.2) is 10.6 Å². The van der Waals surface area contributed by atoms with Crippen molar-refractivity contribution < 1.29 is 4.42 Å². The SMILES string of the molecule is Cc1cnc(Cn2c(Cl)nnc2C2CC2)o1. The summed E-state index contributed by atoms with van der Waals surface area (Å²) in [6, 6.07) is 0. The molecule has 0 bridgehead atoms. The van der Waals surface area contributed by atoms with Gasteiger partial charge in [0.05, 0.1) is 6.20 Å². The van der Waals surface area contributed by atoms with Crippen molar-refractivity contribution in [1.29, 1.82) is 0 Å². The van der Waals surface area contributed by atoms with Crippen molar-refractivity contribution in [3.8, 4) is 0 Å². The fourth-order valence-electron chi connectivity index (χ4n) is 1.69. The Morgan fingerprint density at radius 1 is 1.50 bits per heavy atom. The van der Waals surface area contributed by atoms with E-state index in [-0.39, 0.29) is 0 Å². The van der Waals surface area contributed by atoms with Crippen molar-refractivity contribution in [2.45, 2.75) is 32.2 Å². The molecule has 3 rings (SSSR count). The van der Waals surface area contributed by atoms with Crippen LogP contribution in [0, 0.1) is 6.92 Å². The zero-order valence-corrected chi connectivity index (χ0v) is 9.61. The summed E-state index contributed by atoms with van der Waals surface area (Å²) in [7, 11) is 0. The van der Waals surface area contributed by atoms with E-state index in [1.165, 1.54) is 12.8 Å². The molecule has 0 aliphatic heterocycles. The first-order valence-corrected chi connectivity index (χ1v) is 5.62. The minimum atomic E-state index is 0.401. The van der Waals surface area contributed by atoms with Crippen LogP contribution in [0.2, 0.25) is 5.28 Å². The molecule has 2 heterocycles. The maximum Gasteiger partial charge on any atom is 0.225 e. The van der Waals surface area contributed by atoms with Gasteiger partial charge in [0.15, 0.2) is 0 Å². The molecule has 0 unspecified atom stereocenters. The van der Waals surface area contributed by atoms with Crippen LogP contribution in [0.4, 0.5) is 0 Å². The van der Waals surface area contributed by atoms with Crippen molar-refractivity contribution in [3.05, 3.63) is 29.0 Å². The van der Waals surface area contributed by atoms with Gasteiger partial charge in [-0.25, -0.2) is 4.98 Å². The molecule has 0 N–H and O–H groups in total. The Bertz CT molecular complexity index is 515. The molecule has 0 aromatic carbocycles. The lowest BCUT2D eigenvalue weighted by Crippen LogP contribution is -2.04. The number of nitrogens with zero attached hydrogens (tertiary/aromatic N) is 4. The van der Waals surface area contributed by atoms with Gasteiger partial charge in [0, 0.05) is 5.92 Å². The Morgan fingerprint density at radius 3 is 2.94 bits per heavy atom. The van der Waals surface area contributed by atoms with Crippen LogP contribution in [0.3, 0.4) is 0 Å². The highest BCUT2D eigenvalue weighted by atomic mass is 35.5. The third kappa shape index (κ3) is 1.71. The fraction of sp³-hybridized carbons (Fsp3) is 0.500. The molecule has 2 aromatic rings. The molecule has 1 aliphatic carbocycles. The summed E-state index contributed by atoms with van der Waals surface area (Å²) in [6.45, 7) is 2.37. The minimum Gasteiger partial charge on any atom is -0.444 e. The molecule has 6 heteroatoms. The van der Waals surface area contributed by atoms with Gasteiger partial charge >= 0.3 is 0 Å². The predicted octanol–water partition coefficient (Wildman–Crippen LogP) is 2.15. The Kier molecular flexibility index (Phi) is 2.21. The Hall–Kier alpha value is -1.36. The second kappa shape index (κ2) is 3.59. The Balaban J connectivity index is 1.90. The second-order valence-electron chi connectivity index (χ2n) is 4.05. The molecule has 1 aliphatic rings. The third-order valence-corrected chi connectivity index (χ3v) is 2.92. The molecule has 0 radical (unpaired) electrons. The lowest BCUT2D eigenvalue weighted by Gasteiger charge is -2.03. The average molecular weight is 239 g/mol. The van der Waals surface area contributed by atoms with E-state index in [1.54, 1.807) is 6.20 Å². The summed E-state index contributed by atoms with van der Waals surface area (Å²) in [5, 5.41) is 8.38. The van der Waals surface area contributed by atoms with E-state index in [0.717, 1.165) is 11.6 Å². The average Bonchev–Trinajstić information content (AvgIpc) is 2.93. The molecular formula is C10H11ClN4O. The highest BCUT2D eigenvalue weighted by Crippen LogP contribution is 2.39. The zero-order valence-electron chi connectivity index (χ0n) is 8.85. The number of oxazole rings is 1. The zero-order chi connectivity index (χ0) is 11.1. The van der Waals surface area contributed by atoms with E-state index in [1.807, 2.05) is 11.5 Å². The molecule has 84 valence electrons. The fourth-order valence-corrected chi connectivity index (χ4v) is 1.88. The largest absolute Gasteiger partial charge is 0.444 e. The minimum absolute atomic E-state index is 0.401. The predicted molar refractivity (Wildman–Crippen MR) is 57.3 cm³/mol. The standard InChI is InChI=1S/C10H11ClN4O/c1-6-4-12-8(16-6)5-15-9(7-2-3-7)13-14-10(15)11/h4,7H,2-3,5H2,1H3. The van der Waals surface area contributed by atoms with Crippen LogP contribution < -0.4 is 0 Å². The van der Waals surface area contributed by atoms with Crippen molar-refractivity contribution >= 4 is 11.6 Å². The molecule has 5 nitrogen and oxygen atoms in total. The topological polar surface area (TPSA) is 56.7 Å². The van der Waals surface area contributed by atoms with Gasteiger partial charge in [0.2, 0.25) is 11.2 Å². The van der Waals surface area contributed by atoms with Gasteiger partial charge in [0.25, 0.3) is 0 Å². The van der Waals surface area contributed by atoms with Crippen molar-refractivity contribution in [1.82, 2.24) is 19.7 Å². The monoisotopic (exact) mass is 238 g/mol. The van der Waals surface area contributed by atoms with Gasteiger partial charge in [-0.15, -0.1) is 10.2 Å². The molecule has 0 atom stereocenters. The lowest BCUT2D eigenvalue weighted by atomic mass is 10.4. The van der Waals surface area contributed by atoms with Crippen LogP contribution in [0.25, 0.3) is 0 Å². The highest BCUT2D eigenvalue weighted by molar-refractivity contribution is 6.28. The van der Waals surface area contributed by atoms with Gasteiger partial charge in [-0.05, 0) is 31.4 Å². The van der Waals surface area contributed by atoms with Crippen LogP contribution in [0.5, 0.6) is 0 Å². The summed E-state index contributed by atoms with van der Waals surface area (Å²) in [6.07, 6.45) is 4.03. The van der Waals surface area contributed by atoms with Crippen molar-refractivity contribution in [2.75, 3.05) is 0 Å². The first-order chi connectivity index (χ1) is 7.74. The van der Waals surface area contributed by atoms with E-state index < -0.39 is 0 Å². The molecule has 0 amide bonds. The first kappa shape index (κ1) is 9.84. The lowest BCUT2D eigenvalue weighted by molar-refractivity contribution is 0.453. The number of hydrogen-bond acceptors (Lipinski definition) is 4. The summed E-state index contributed by atoms with van der Waals surface area (Å²) in [4.78, 5) is 4.15. The Morgan fingerprint density at radius 2 is 2.31 bits per heavy atom. The maximum atomic E-state index is 5.99. The van der Waals surface area contributed by atoms with Gasteiger partial charge in [0.1, 0.15) is 18.1 Å². The Labute approximate surface area is 97.5 Å². The first-order valence-electron chi connectivity index (χ1n) is 5.24. The smallest absolute Gasteiger partial charge is 0.225 e. The molecule has 1 fully saturated rings. The normalized spacial score (nSPS) is 15.6. The van der Waals surface area contributed by atoms with E-state index in [4.69, 9.17) is 16.0 Å². The van der Waals surface area contributed by atoms with E-state index in [9.17, 15) is 0 Å². The van der Waals surface area contributed by atoms with Gasteiger partial charge in [-0.1, -0.05) is 0 Å². The summed E-state index contributed by atoms with van der Waals surface area (Å²) in [5.74, 6) is 2.89. The molecule has 0 saturated heterocycles. The molecular weight excluding hydrogens is 228 g/mol. The van der Waals surface area contributed by atoms with Crippen molar-refractivity contribution in [2.24, 2.45) is 0 Å². The van der Waals surface area contributed by atoms with Gasteiger partial charge in [-0.2, -0.15) is 0 Å². The highest BCUT2D eigenvalue weighted by Gasteiger charge is 2.30. The quantitative estimate of drug-likeness (QED) is 0.822. The van der Waals surface area contributed by atoms with E-state index in [2.05, 4.69) is 15.2 Å². The van der Waals surface area contributed by atoms with Crippen LogP contribution in [0.1, 0.15) is 36.2 Å². The van der Waals surface area contributed by atoms with E-state index >= 15 is 0 Å². The molecule has 2 aromatic heterocycles. The van der Waals surface area contributed by atoms with Crippen LogP contribution in [-0.2, 0) is 6.54 Å².